The van der Waals surface area contributed by atoms with Crippen molar-refractivity contribution in [1.29, 1.82) is 0 Å². The molecule has 0 fully saturated rings. The van der Waals surface area contributed by atoms with Crippen LogP contribution in [0.1, 0.15) is 51.2 Å². The van der Waals surface area contributed by atoms with Gasteiger partial charge in [-0.1, -0.05) is 12.1 Å². The summed E-state index contributed by atoms with van der Waals surface area (Å²) in [5.74, 6) is 0. The van der Waals surface area contributed by atoms with E-state index in [-0.39, 0.29) is 5.54 Å². The maximum atomic E-state index is 3.56. The molecule has 1 aromatic carbocycles. The van der Waals surface area contributed by atoms with Gasteiger partial charge in [0.1, 0.15) is 0 Å². The quantitative estimate of drug-likeness (QED) is 0.822. The van der Waals surface area contributed by atoms with Crippen LogP contribution in [0.2, 0.25) is 0 Å². The number of nitrogens with one attached hydrogen (secondary N) is 1. The Morgan fingerprint density at radius 3 is 2.75 bits per heavy atom. The SMILES string of the molecule is CN1CCCc2cc(CCCCNC(C)(C)C)ccc21. The van der Waals surface area contributed by atoms with E-state index < -0.39 is 0 Å². The molecule has 112 valence electrons. The predicted molar refractivity (Wildman–Crippen MR) is 88.7 cm³/mol. The maximum absolute atomic E-state index is 3.56. The Morgan fingerprint density at radius 2 is 2.00 bits per heavy atom. The molecule has 20 heavy (non-hydrogen) atoms. The highest BCUT2D eigenvalue weighted by Crippen LogP contribution is 2.27. The molecular weight excluding hydrogens is 244 g/mol. The second-order valence-corrected chi connectivity index (χ2v) is 7.12. The van der Waals surface area contributed by atoms with Crippen LogP contribution in [0.25, 0.3) is 0 Å². The third kappa shape index (κ3) is 4.52. The lowest BCUT2D eigenvalue weighted by molar-refractivity contribution is 0.419. The summed E-state index contributed by atoms with van der Waals surface area (Å²) < 4.78 is 0. The van der Waals surface area contributed by atoms with Crippen molar-refractivity contribution in [2.75, 3.05) is 25.0 Å². The Balaban J connectivity index is 1.79. The lowest BCUT2D eigenvalue weighted by Crippen LogP contribution is -2.36. The van der Waals surface area contributed by atoms with Crippen LogP contribution in [0.5, 0.6) is 0 Å². The summed E-state index contributed by atoms with van der Waals surface area (Å²) in [5, 5.41) is 3.56. The van der Waals surface area contributed by atoms with E-state index in [0.717, 1.165) is 6.54 Å². The van der Waals surface area contributed by atoms with Gasteiger partial charge in [0.15, 0.2) is 0 Å². The molecule has 1 N–H and O–H groups in total. The first-order valence-corrected chi connectivity index (χ1v) is 8.04. The molecule has 1 aliphatic rings. The van der Waals surface area contributed by atoms with E-state index in [2.05, 4.69) is 56.2 Å². The minimum absolute atomic E-state index is 0.246. The fraction of sp³-hybridized carbons (Fsp3) is 0.667. The normalized spacial score (nSPS) is 15.3. The predicted octanol–water partition coefficient (Wildman–Crippen LogP) is 3.78. The van der Waals surface area contributed by atoms with Crippen LogP contribution in [0, 0.1) is 0 Å². The average molecular weight is 274 g/mol. The minimum Gasteiger partial charge on any atom is -0.374 e. The summed E-state index contributed by atoms with van der Waals surface area (Å²) in [4.78, 5) is 2.38. The monoisotopic (exact) mass is 274 g/mol. The molecule has 0 amide bonds. The van der Waals surface area contributed by atoms with Gasteiger partial charge in [-0.25, -0.2) is 0 Å². The van der Waals surface area contributed by atoms with Crippen molar-refractivity contribution in [1.82, 2.24) is 5.32 Å². The summed E-state index contributed by atoms with van der Waals surface area (Å²) >= 11 is 0. The molecule has 1 heterocycles. The number of fused-ring (bicyclic) bond motifs is 1. The topological polar surface area (TPSA) is 15.3 Å². The second kappa shape index (κ2) is 6.62. The van der Waals surface area contributed by atoms with E-state index in [9.17, 15) is 0 Å². The van der Waals surface area contributed by atoms with Crippen molar-refractivity contribution in [2.45, 2.75) is 58.4 Å². The molecule has 0 aromatic heterocycles. The Kier molecular flexibility index (Phi) is 5.09. The van der Waals surface area contributed by atoms with Gasteiger partial charge in [0, 0.05) is 24.8 Å². The van der Waals surface area contributed by atoms with Gasteiger partial charge >= 0.3 is 0 Å². The first-order chi connectivity index (χ1) is 9.46. The molecular formula is C18H30N2. The molecule has 0 atom stereocenters. The van der Waals surface area contributed by atoms with Crippen LogP contribution in [0.3, 0.4) is 0 Å². The Labute approximate surface area is 124 Å². The largest absolute Gasteiger partial charge is 0.374 e. The van der Waals surface area contributed by atoms with Crippen LogP contribution in [-0.2, 0) is 12.8 Å². The van der Waals surface area contributed by atoms with E-state index in [1.807, 2.05) is 0 Å². The van der Waals surface area contributed by atoms with E-state index in [1.54, 1.807) is 5.56 Å². The fourth-order valence-corrected chi connectivity index (χ4v) is 2.91. The zero-order valence-electron chi connectivity index (χ0n) is 13.6. The lowest BCUT2D eigenvalue weighted by Gasteiger charge is -2.27. The summed E-state index contributed by atoms with van der Waals surface area (Å²) in [6.45, 7) is 9.01. The highest BCUT2D eigenvalue weighted by molar-refractivity contribution is 5.56. The van der Waals surface area contributed by atoms with E-state index in [4.69, 9.17) is 0 Å². The number of hydrogen-bond donors (Lipinski definition) is 1. The molecule has 2 rings (SSSR count). The number of benzene rings is 1. The molecule has 2 nitrogen and oxygen atoms in total. The van der Waals surface area contributed by atoms with Crippen LogP contribution >= 0.6 is 0 Å². The van der Waals surface area contributed by atoms with Crippen molar-refractivity contribution in [3.8, 4) is 0 Å². The standard InChI is InChI=1S/C18H30N2/c1-18(2,3)19-12-6-5-8-15-10-11-17-16(14-15)9-7-13-20(17)4/h10-11,14,19H,5-9,12-13H2,1-4H3. The van der Waals surface area contributed by atoms with Crippen LogP contribution in [0.4, 0.5) is 5.69 Å². The number of rotatable bonds is 5. The maximum Gasteiger partial charge on any atom is 0.0396 e. The average Bonchev–Trinajstić information content (AvgIpc) is 2.37. The number of anilines is 1. The van der Waals surface area contributed by atoms with Gasteiger partial charge in [0.25, 0.3) is 0 Å². The molecule has 0 saturated heterocycles. The van der Waals surface area contributed by atoms with Gasteiger partial charge in [-0.2, -0.15) is 0 Å². The number of hydrogen-bond acceptors (Lipinski definition) is 2. The number of unbranched alkanes of at least 4 members (excludes halogenated alkanes) is 1. The molecule has 1 aromatic rings. The van der Waals surface area contributed by atoms with Crippen molar-refractivity contribution < 1.29 is 0 Å². The summed E-state index contributed by atoms with van der Waals surface area (Å²) in [6.07, 6.45) is 6.29. The smallest absolute Gasteiger partial charge is 0.0396 e. The molecule has 2 heteroatoms. The van der Waals surface area contributed by atoms with Gasteiger partial charge in [0.2, 0.25) is 0 Å². The molecule has 0 bridgehead atoms. The molecule has 1 aliphatic heterocycles. The molecule has 0 radical (unpaired) electrons. The zero-order valence-corrected chi connectivity index (χ0v) is 13.6. The highest BCUT2D eigenvalue weighted by Gasteiger charge is 2.13. The van der Waals surface area contributed by atoms with Crippen LogP contribution in [-0.4, -0.2) is 25.7 Å². The zero-order chi connectivity index (χ0) is 14.6. The molecule has 0 unspecified atom stereocenters. The molecule has 0 aliphatic carbocycles. The lowest BCUT2D eigenvalue weighted by atomic mass is 9.97. The Hall–Kier alpha value is -1.02. The summed E-state index contributed by atoms with van der Waals surface area (Å²) in [7, 11) is 2.20. The van der Waals surface area contributed by atoms with Crippen molar-refractivity contribution >= 4 is 5.69 Å². The van der Waals surface area contributed by atoms with Crippen LogP contribution < -0.4 is 10.2 Å². The number of nitrogens with zero attached hydrogens (tertiary/aromatic N) is 1. The first-order valence-electron chi connectivity index (χ1n) is 8.04. The van der Waals surface area contributed by atoms with Crippen molar-refractivity contribution in [2.24, 2.45) is 0 Å². The second-order valence-electron chi connectivity index (χ2n) is 7.12. The summed E-state index contributed by atoms with van der Waals surface area (Å²) in [5.41, 5.74) is 4.74. The fourth-order valence-electron chi connectivity index (χ4n) is 2.91. The Morgan fingerprint density at radius 1 is 1.20 bits per heavy atom. The molecule has 0 spiro atoms. The van der Waals surface area contributed by atoms with Crippen molar-refractivity contribution in [3.63, 3.8) is 0 Å². The highest BCUT2D eigenvalue weighted by atomic mass is 15.1. The minimum atomic E-state index is 0.246. The van der Waals surface area contributed by atoms with E-state index >= 15 is 0 Å². The summed E-state index contributed by atoms with van der Waals surface area (Å²) in [6, 6.07) is 7.07. The third-order valence-corrected chi connectivity index (χ3v) is 4.04. The van der Waals surface area contributed by atoms with Crippen molar-refractivity contribution in [3.05, 3.63) is 29.3 Å². The third-order valence-electron chi connectivity index (χ3n) is 4.04. The number of aryl methyl sites for hydroxylation is 2. The first kappa shape index (κ1) is 15.4. The molecule has 0 saturated carbocycles. The van der Waals surface area contributed by atoms with E-state index in [1.165, 1.54) is 49.9 Å². The van der Waals surface area contributed by atoms with Gasteiger partial charge in [-0.3, -0.25) is 0 Å². The van der Waals surface area contributed by atoms with Crippen LogP contribution in [0.15, 0.2) is 18.2 Å². The van der Waals surface area contributed by atoms with E-state index in [0.29, 0.717) is 0 Å². The van der Waals surface area contributed by atoms with Gasteiger partial charge in [-0.15, -0.1) is 0 Å². The van der Waals surface area contributed by atoms with Gasteiger partial charge in [-0.05, 0) is 76.6 Å². The Bertz CT molecular complexity index is 432. The van der Waals surface area contributed by atoms with Gasteiger partial charge < -0.3 is 10.2 Å². The van der Waals surface area contributed by atoms with Gasteiger partial charge in [0.05, 0.1) is 0 Å².